The molecule has 1 aliphatic heterocycles. The lowest BCUT2D eigenvalue weighted by molar-refractivity contribution is -0.160. The molecule has 0 spiro atoms. The van der Waals surface area contributed by atoms with E-state index in [1.54, 1.807) is 62.6 Å². The molecule has 0 N–H and O–H groups in total. The first-order valence-electron chi connectivity index (χ1n) is 8.36. The van der Waals surface area contributed by atoms with Crippen LogP contribution in [0.25, 0.3) is 0 Å². The van der Waals surface area contributed by atoms with Gasteiger partial charge in [-0.1, -0.05) is 6.07 Å². The normalized spacial score (nSPS) is 18.5. The molecule has 0 aromatic heterocycles. The Kier molecular flexibility index (Phi) is 5.21. The number of hydrogen-bond acceptors (Lipinski definition) is 6. The fraction of sp³-hybridized carbons (Fsp3) is 0.300. The van der Waals surface area contributed by atoms with Crippen molar-refractivity contribution in [3.05, 3.63) is 48.0 Å². The van der Waals surface area contributed by atoms with Gasteiger partial charge in [-0.05, 0) is 42.0 Å². The molecule has 2 atom stereocenters. The highest BCUT2D eigenvalue weighted by atomic mass is 16.6. The van der Waals surface area contributed by atoms with Gasteiger partial charge in [-0.25, -0.2) is 0 Å². The average molecular weight is 371 g/mol. The molecule has 7 nitrogen and oxygen atoms in total. The lowest BCUT2D eigenvalue weighted by Crippen LogP contribution is -2.60. The third kappa shape index (κ3) is 3.40. The van der Waals surface area contributed by atoms with Crippen molar-refractivity contribution in [2.24, 2.45) is 0 Å². The number of methoxy groups -OCH3 is 3. The number of hydrogen-bond donors (Lipinski definition) is 0. The molecule has 0 aliphatic carbocycles. The van der Waals surface area contributed by atoms with Crippen LogP contribution in [0, 0.1) is 0 Å². The molecule has 1 saturated heterocycles. The zero-order chi connectivity index (χ0) is 19.6. The molecule has 2 aromatic carbocycles. The summed E-state index contributed by atoms with van der Waals surface area (Å²) in [5.41, 5.74) is 1.46. The molecule has 1 fully saturated rings. The molecule has 0 radical (unpaired) electrons. The molecule has 1 heterocycles. The monoisotopic (exact) mass is 371 g/mol. The minimum absolute atomic E-state index is 0.282. The molecular weight excluding hydrogens is 350 g/mol. The first-order valence-corrected chi connectivity index (χ1v) is 8.36. The van der Waals surface area contributed by atoms with Gasteiger partial charge in [0.1, 0.15) is 11.8 Å². The first-order chi connectivity index (χ1) is 13.0. The van der Waals surface area contributed by atoms with Crippen LogP contribution in [0.1, 0.15) is 18.5 Å². The van der Waals surface area contributed by atoms with E-state index in [-0.39, 0.29) is 5.91 Å². The van der Waals surface area contributed by atoms with Gasteiger partial charge in [0.05, 0.1) is 21.3 Å². The van der Waals surface area contributed by atoms with Gasteiger partial charge in [-0.3, -0.25) is 14.5 Å². The Morgan fingerprint density at radius 3 is 2.15 bits per heavy atom. The van der Waals surface area contributed by atoms with Gasteiger partial charge in [0.25, 0.3) is 5.91 Å². The second kappa shape index (κ2) is 7.57. The molecule has 0 bridgehead atoms. The van der Waals surface area contributed by atoms with Gasteiger partial charge in [0.2, 0.25) is 6.10 Å². The van der Waals surface area contributed by atoms with E-state index in [4.69, 9.17) is 18.9 Å². The average Bonchev–Trinajstić information content (AvgIpc) is 2.69. The van der Waals surface area contributed by atoms with Gasteiger partial charge in [-0.2, -0.15) is 0 Å². The van der Waals surface area contributed by atoms with Crippen LogP contribution in [-0.2, 0) is 14.3 Å². The number of benzene rings is 2. The topological polar surface area (TPSA) is 74.3 Å². The van der Waals surface area contributed by atoms with E-state index < -0.39 is 18.1 Å². The zero-order valence-corrected chi connectivity index (χ0v) is 15.6. The number of rotatable bonds is 6. The summed E-state index contributed by atoms with van der Waals surface area (Å²) in [5, 5.41) is 0. The molecule has 2 aromatic rings. The summed E-state index contributed by atoms with van der Waals surface area (Å²) in [6, 6.07) is 12.0. The van der Waals surface area contributed by atoms with Gasteiger partial charge in [0.15, 0.2) is 11.5 Å². The van der Waals surface area contributed by atoms with E-state index in [1.165, 1.54) is 6.92 Å². The number of nitrogens with zero attached hydrogens (tertiary/aromatic N) is 1. The standard InChI is InChI=1S/C20H21NO6/c1-12(22)27-19-18(13-5-10-16(25-3)17(11-13)26-4)21(20(19)23)14-6-8-15(24-2)9-7-14/h5-11,18-19H,1-4H3. The van der Waals surface area contributed by atoms with Crippen LogP contribution in [0.3, 0.4) is 0 Å². The first kappa shape index (κ1) is 18.6. The van der Waals surface area contributed by atoms with Gasteiger partial charge >= 0.3 is 5.97 Å². The van der Waals surface area contributed by atoms with E-state index in [9.17, 15) is 9.59 Å². The number of β-lactam (4-membered cyclic amide) rings is 1. The molecular formula is C20H21NO6. The quantitative estimate of drug-likeness (QED) is 0.574. The van der Waals surface area contributed by atoms with Crippen LogP contribution in [0.15, 0.2) is 42.5 Å². The molecule has 3 rings (SSSR count). The fourth-order valence-corrected chi connectivity index (χ4v) is 3.15. The summed E-state index contributed by atoms with van der Waals surface area (Å²) in [5.74, 6) is 1.01. The van der Waals surface area contributed by atoms with E-state index in [0.29, 0.717) is 22.9 Å². The van der Waals surface area contributed by atoms with E-state index in [2.05, 4.69) is 0 Å². The molecule has 7 heteroatoms. The van der Waals surface area contributed by atoms with Crippen LogP contribution in [0.4, 0.5) is 5.69 Å². The van der Waals surface area contributed by atoms with Crippen molar-refractivity contribution < 1.29 is 28.5 Å². The molecule has 1 amide bonds. The molecule has 142 valence electrons. The highest BCUT2D eigenvalue weighted by Gasteiger charge is 2.51. The van der Waals surface area contributed by atoms with Crippen LogP contribution < -0.4 is 19.1 Å². The van der Waals surface area contributed by atoms with Crippen LogP contribution in [0.5, 0.6) is 17.2 Å². The Morgan fingerprint density at radius 2 is 1.59 bits per heavy atom. The number of ether oxygens (including phenoxy) is 4. The van der Waals surface area contributed by atoms with E-state index >= 15 is 0 Å². The third-order valence-corrected chi connectivity index (χ3v) is 4.44. The van der Waals surface area contributed by atoms with Gasteiger partial charge in [0, 0.05) is 12.6 Å². The Balaban J connectivity index is 2.00. The van der Waals surface area contributed by atoms with E-state index in [1.807, 2.05) is 6.07 Å². The molecule has 1 aliphatic rings. The van der Waals surface area contributed by atoms with Crippen molar-refractivity contribution in [2.75, 3.05) is 26.2 Å². The SMILES string of the molecule is COc1ccc(N2C(=O)C(OC(C)=O)C2c2ccc(OC)c(OC)c2)cc1. The van der Waals surface area contributed by atoms with Gasteiger partial charge in [-0.15, -0.1) is 0 Å². The summed E-state index contributed by atoms with van der Waals surface area (Å²) >= 11 is 0. The van der Waals surface area contributed by atoms with E-state index in [0.717, 1.165) is 5.56 Å². The number of carbonyl (C=O) groups excluding carboxylic acids is 2. The number of carbonyl (C=O) groups is 2. The lowest BCUT2D eigenvalue weighted by atomic mass is 9.89. The van der Waals surface area contributed by atoms with Crippen molar-refractivity contribution in [1.29, 1.82) is 0 Å². The summed E-state index contributed by atoms with van der Waals surface area (Å²) in [4.78, 5) is 25.7. The summed E-state index contributed by atoms with van der Waals surface area (Å²) in [7, 11) is 4.67. The maximum Gasteiger partial charge on any atom is 0.303 e. The van der Waals surface area contributed by atoms with Crippen molar-refractivity contribution in [1.82, 2.24) is 0 Å². The van der Waals surface area contributed by atoms with Crippen molar-refractivity contribution in [2.45, 2.75) is 19.1 Å². The van der Waals surface area contributed by atoms with Gasteiger partial charge < -0.3 is 18.9 Å². The van der Waals surface area contributed by atoms with Crippen molar-refractivity contribution in [3.8, 4) is 17.2 Å². The number of anilines is 1. The summed E-state index contributed by atoms with van der Waals surface area (Å²) in [6.45, 7) is 1.29. The smallest absolute Gasteiger partial charge is 0.303 e. The zero-order valence-electron chi connectivity index (χ0n) is 15.6. The fourth-order valence-electron chi connectivity index (χ4n) is 3.15. The Labute approximate surface area is 157 Å². The minimum atomic E-state index is -0.886. The minimum Gasteiger partial charge on any atom is -0.497 e. The predicted molar refractivity (Wildman–Crippen MR) is 98.3 cm³/mol. The van der Waals surface area contributed by atoms with Crippen molar-refractivity contribution >= 4 is 17.6 Å². The highest BCUT2D eigenvalue weighted by molar-refractivity contribution is 6.06. The van der Waals surface area contributed by atoms with Crippen molar-refractivity contribution in [3.63, 3.8) is 0 Å². The lowest BCUT2D eigenvalue weighted by Gasteiger charge is -2.46. The Hall–Kier alpha value is -3.22. The number of amides is 1. The molecule has 27 heavy (non-hydrogen) atoms. The Bertz CT molecular complexity index is 848. The maximum absolute atomic E-state index is 12.7. The summed E-state index contributed by atoms with van der Waals surface area (Å²) < 4.78 is 21.1. The Morgan fingerprint density at radius 1 is 0.926 bits per heavy atom. The summed E-state index contributed by atoms with van der Waals surface area (Å²) in [6.07, 6.45) is -0.886. The second-order valence-corrected chi connectivity index (χ2v) is 6.00. The number of esters is 1. The van der Waals surface area contributed by atoms with Crippen LogP contribution in [-0.4, -0.2) is 39.3 Å². The predicted octanol–water partition coefficient (Wildman–Crippen LogP) is 2.73. The molecule has 2 unspecified atom stereocenters. The second-order valence-electron chi connectivity index (χ2n) is 6.00. The van der Waals surface area contributed by atoms with Crippen LogP contribution in [0.2, 0.25) is 0 Å². The highest BCUT2D eigenvalue weighted by Crippen LogP contribution is 2.43. The third-order valence-electron chi connectivity index (χ3n) is 4.44. The molecule has 0 saturated carbocycles. The largest absolute Gasteiger partial charge is 0.497 e. The maximum atomic E-state index is 12.7. The van der Waals surface area contributed by atoms with Crippen LogP contribution >= 0.6 is 0 Å².